The van der Waals surface area contributed by atoms with E-state index in [4.69, 9.17) is 4.42 Å². The molecule has 2 atom stereocenters. The van der Waals surface area contributed by atoms with Gasteiger partial charge in [-0.15, -0.1) is 0 Å². The largest absolute Gasteiger partial charge is 0.456 e. The van der Waals surface area contributed by atoms with E-state index in [9.17, 15) is 0 Å². The third-order valence-electron chi connectivity index (χ3n) is 9.77. The summed E-state index contributed by atoms with van der Waals surface area (Å²) in [6.45, 7) is 0. The zero-order valence-corrected chi connectivity index (χ0v) is 23.9. The van der Waals surface area contributed by atoms with E-state index >= 15 is 0 Å². The summed E-state index contributed by atoms with van der Waals surface area (Å²) in [6, 6.07) is 46.4. The maximum absolute atomic E-state index is 6.18. The average Bonchev–Trinajstić information content (AvgIpc) is 3.61. The monoisotopic (exact) mass is 561 g/mol. The topological polar surface area (TPSA) is 18.1 Å². The summed E-state index contributed by atoms with van der Waals surface area (Å²) in [5.41, 5.74) is 13.3. The van der Waals surface area contributed by atoms with E-state index in [-0.39, 0.29) is 0 Å². The smallest absolute Gasteiger partial charge is 0.135 e. The molecule has 0 bridgehead atoms. The maximum Gasteiger partial charge on any atom is 0.135 e. The van der Waals surface area contributed by atoms with Gasteiger partial charge in [0.1, 0.15) is 11.2 Å². The van der Waals surface area contributed by atoms with Crippen LogP contribution in [-0.4, -0.2) is 4.57 Å². The van der Waals surface area contributed by atoms with E-state index in [1.165, 1.54) is 55.2 Å². The van der Waals surface area contributed by atoms with Crippen LogP contribution in [0.2, 0.25) is 0 Å². The zero-order chi connectivity index (χ0) is 28.8. The van der Waals surface area contributed by atoms with Gasteiger partial charge in [0, 0.05) is 39.1 Å². The minimum Gasteiger partial charge on any atom is -0.456 e. The van der Waals surface area contributed by atoms with Crippen LogP contribution in [0, 0.1) is 0 Å². The minimum atomic E-state index is 0.481. The molecule has 2 heteroatoms. The Morgan fingerprint density at radius 1 is 0.455 bits per heavy atom. The summed E-state index contributed by atoms with van der Waals surface area (Å²) in [4.78, 5) is 0. The third-order valence-corrected chi connectivity index (χ3v) is 9.77. The molecule has 2 heterocycles. The molecule has 0 saturated carbocycles. The van der Waals surface area contributed by atoms with Crippen molar-refractivity contribution in [3.05, 3.63) is 163 Å². The fourth-order valence-corrected chi connectivity index (χ4v) is 7.68. The maximum atomic E-state index is 6.18. The summed E-state index contributed by atoms with van der Waals surface area (Å²) in [5, 5.41) is 4.79. The van der Waals surface area contributed by atoms with E-state index in [0.717, 1.165) is 27.6 Å². The lowest BCUT2D eigenvalue weighted by Crippen LogP contribution is -2.22. The van der Waals surface area contributed by atoms with Crippen LogP contribution in [0.1, 0.15) is 23.0 Å². The van der Waals surface area contributed by atoms with Crippen molar-refractivity contribution in [2.24, 2.45) is 0 Å². The number of fused-ring (bicyclic) bond motifs is 10. The fourth-order valence-electron chi connectivity index (χ4n) is 7.68. The van der Waals surface area contributed by atoms with E-state index in [2.05, 4.69) is 144 Å². The summed E-state index contributed by atoms with van der Waals surface area (Å²) < 4.78 is 8.60. The van der Waals surface area contributed by atoms with Gasteiger partial charge < -0.3 is 8.98 Å². The molecular weight excluding hydrogens is 534 g/mol. The van der Waals surface area contributed by atoms with Crippen molar-refractivity contribution in [2.45, 2.75) is 11.8 Å². The molecule has 2 aliphatic carbocycles. The second-order valence-corrected chi connectivity index (χ2v) is 12.1. The lowest BCUT2D eigenvalue weighted by Gasteiger charge is -2.38. The van der Waals surface area contributed by atoms with Crippen LogP contribution in [0.25, 0.3) is 71.7 Å². The molecule has 8 aromatic rings. The Bertz CT molecular complexity index is 2510. The number of allylic oxidation sites excluding steroid dienone is 4. The second kappa shape index (κ2) is 8.95. The Labute approximate surface area is 254 Å². The molecule has 2 aromatic heterocycles. The van der Waals surface area contributed by atoms with Crippen LogP contribution in [0.5, 0.6) is 0 Å². The number of nitrogens with zero attached hydrogens (tertiary/aromatic N) is 1. The fraction of sp³-hybridized carbons (Fsp3) is 0.0476. The van der Waals surface area contributed by atoms with Crippen molar-refractivity contribution in [2.75, 3.05) is 0 Å². The zero-order valence-electron chi connectivity index (χ0n) is 23.9. The first-order valence-corrected chi connectivity index (χ1v) is 15.4. The van der Waals surface area contributed by atoms with Gasteiger partial charge in [0.15, 0.2) is 0 Å². The van der Waals surface area contributed by atoms with Crippen LogP contribution in [0.4, 0.5) is 0 Å². The molecule has 0 saturated heterocycles. The second-order valence-electron chi connectivity index (χ2n) is 12.1. The third kappa shape index (κ3) is 3.31. The molecule has 2 aliphatic rings. The molecule has 206 valence electrons. The number of furan rings is 1. The van der Waals surface area contributed by atoms with Crippen molar-refractivity contribution in [1.82, 2.24) is 4.57 Å². The van der Waals surface area contributed by atoms with Crippen LogP contribution in [0.3, 0.4) is 0 Å². The molecule has 0 N–H and O–H groups in total. The SMILES string of the molecule is C1=CC2c3ccc(-c4cc5c6ccccc6n(-c6ccc7oc8ccccc8c7c6)c5cc4-c4ccccc4)cc3C2C=C1. The Balaban J connectivity index is 1.26. The van der Waals surface area contributed by atoms with Crippen LogP contribution in [-0.2, 0) is 0 Å². The Morgan fingerprint density at radius 2 is 1.18 bits per heavy atom. The van der Waals surface area contributed by atoms with E-state index in [1.54, 1.807) is 0 Å². The van der Waals surface area contributed by atoms with E-state index in [0.29, 0.717) is 11.8 Å². The Kier molecular flexibility index (Phi) is 4.86. The molecule has 2 nitrogen and oxygen atoms in total. The molecule has 0 fully saturated rings. The molecule has 44 heavy (non-hydrogen) atoms. The normalized spacial score (nSPS) is 16.9. The van der Waals surface area contributed by atoms with Gasteiger partial charge in [0.05, 0.1) is 11.0 Å². The van der Waals surface area contributed by atoms with Crippen LogP contribution < -0.4 is 0 Å². The van der Waals surface area contributed by atoms with Gasteiger partial charge in [0.25, 0.3) is 0 Å². The van der Waals surface area contributed by atoms with Gasteiger partial charge in [-0.2, -0.15) is 0 Å². The molecule has 0 spiro atoms. The summed E-state index contributed by atoms with van der Waals surface area (Å²) >= 11 is 0. The van der Waals surface area contributed by atoms with Gasteiger partial charge in [-0.05, 0) is 75.8 Å². The van der Waals surface area contributed by atoms with Crippen molar-refractivity contribution < 1.29 is 4.42 Å². The van der Waals surface area contributed by atoms with Gasteiger partial charge in [-0.25, -0.2) is 0 Å². The highest BCUT2D eigenvalue weighted by molar-refractivity contribution is 6.13. The summed E-state index contributed by atoms with van der Waals surface area (Å²) in [5.74, 6) is 0.998. The number of hydrogen-bond donors (Lipinski definition) is 0. The lowest BCUT2D eigenvalue weighted by molar-refractivity contribution is 0.637. The molecule has 0 amide bonds. The first-order chi connectivity index (χ1) is 21.8. The molecule has 6 aromatic carbocycles. The predicted molar refractivity (Wildman–Crippen MR) is 183 cm³/mol. The van der Waals surface area contributed by atoms with Gasteiger partial charge in [-0.1, -0.05) is 109 Å². The highest BCUT2D eigenvalue weighted by Crippen LogP contribution is 2.51. The molecule has 2 unspecified atom stereocenters. The molecule has 10 rings (SSSR count). The van der Waals surface area contributed by atoms with Crippen molar-refractivity contribution >= 4 is 43.7 Å². The van der Waals surface area contributed by atoms with Gasteiger partial charge in [-0.3, -0.25) is 0 Å². The van der Waals surface area contributed by atoms with Crippen LogP contribution >= 0.6 is 0 Å². The molecule has 0 aliphatic heterocycles. The van der Waals surface area contributed by atoms with E-state index < -0.39 is 0 Å². The average molecular weight is 562 g/mol. The van der Waals surface area contributed by atoms with Crippen molar-refractivity contribution in [3.8, 4) is 27.9 Å². The lowest BCUT2D eigenvalue weighted by atomic mass is 9.65. The first-order valence-electron chi connectivity index (χ1n) is 15.4. The van der Waals surface area contributed by atoms with Crippen LogP contribution in [0.15, 0.2) is 156 Å². The van der Waals surface area contributed by atoms with Gasteiger partial charge in [0.2, 0.25) is 0 Å². The highest BCUT2D eigenvalue weighted by atomic mass is 16.3. The quantitative estimate of drug-likeness (QED) is 0.210. The summed E-state index contributed by atoms with van der Waals surface area (Å²) in [6.07, 6.45) is 9.07. The number of para-hydroxylation sites is 2. The molecular formula is C42H27NO. The van der Waals surface area contributed by atoms with Crippen molar-refractivity contribution in [1.29, 1.82) is 0 Å². The number of rotatable bonds is 3. The highest BCUT2D eigenvalue weighted by Gasteiger charge is 2.35. The Hall–Kier alpha value is -5.60. The number of aromatic nitrogens is 1. The first kappa shape index (κ1) is 23.9. The predicted octanol–water partition coefficient (Wildman–Crippen LogP) is 11.3. The minimum absolute atomic E-state index is 0.481. The number of benzene rings is 6. The van der Waals surface area contributed by atoms with E-state index in [1.807, 2.05) is 12.1 Å². The van der Waals surface area contributed by atoms with Gasteiger partial charge >= 0.3 is 0 Å². The number of hydrogen-bond acceptors (Lipinski definition) is 1. The summed E-state index contributed by atoms with van der Waals surface area (Å²) in [7, 11) is 0. The van der Waals surface area contributed by atoms with Crippen molar-refractivity contribution in [3.63, 3.8) is 0 Å². The molecule has 0 radical (unpaired) electrons. The standard InChI is InChI=1S/C42H27NO/c1-2-10-26(11-3-1)35-25-40-37(24-34(35)27-18-20-31-29-12-4-5-13-30(29)36(31)22-27)32-14-6-8-16-39(32)43(40)28-19-21-42-38(23-28)33-15-7-9-17-41(33)44-42/h1-25,29-30H. The Morgan fingerprint density at radius 3 is 2.07 bits per heavy atom.